The normalized spacial score (nSPS) is 11.1. The highest BCUT2D eigenvalue weighted by Gasteiger charge is 2.16. The zero-order chi connectivity index (χ0) is 14.3. The van der Waals surface area contributed by atoms with Gasteiger partial charge in [-0.1, -0.05) is 0 Å². The third kappa shape index (κ3) is 7.23. The van der Waals surface area contributed by atoms with Crippen molar-refractivity contribution < 1.29 is 14.3 Å². The van der Waals surface area contributed by atoms with Crippen LogP contribution in [0.2, 0.25) is 0 Å². The highest BCUT2D eigenvalue weighted by Crippen LogP contribution is 2.06. The number of esters is 1. The summed E-state index contributed by atoms with van der Waals surface area (Å²) in [6, 6.07) is 1.84. The third-order valence-corrected chi connectivity index (χ3v) is 2.20. The smallest absolute Gasteiger partial charge is 0.325 e. The van der Waals surface area contributed by atoms with E-state index in [0.29, 0.717) is 19.4 Å². The molecular formula is C13H21N3O3. The number of hydrogen-bond acceptors (Lipinski definition) is 4. The van der Waals surface area contributed by atoms with Crippen molar-refractivity contribution in [3.05, 3.63) is 18.5 Å². The van der Waals surface area contributed by atoms with Crippen LogP contribution in [-0.2, 0) is 20.9 Å². The highest BCUT2D eigenvalue weighted by molar-refractivity contribution is 5.81. The van der Waals surface area contributed by atoms with Gasteiger partial charge in [-0.3, -0.25) is 14.3 Å². The molecule has 6 nitrogen and oxygen atoms in total. The fraction of sp³-hybridized carbons (Fsp3) is 0.615. The Balaban J connectivity index is 2.12. The second kappa shape index (κ2) is 6.92. The molecule has 0 spiro atoms. The molecule has 1 rings (SSSR count). The second-order valence-corrected chi connectivity index (χ2v) is 5.24. The van der Waals surface area contributed by atoms with Gasteiger partial charge in [-0.05, 0) is 33.3 Å². The largest absolute Gasteiger partial charge is 0.459 e. The number of nitrogens with one attached hydrogen (secondary N) is 1. The highest BCUT2D eigenvalue weighted by atomic mass is 16.6. The van der Waals surface area contributed by atoms with Crippen LogP contribution < -0.4 is 5.32 Å². The molecule has 0 unspecified atom stereocenters. The molecule has 0 saturated heterocycles. The minimum atomic E-state index is -0.526. The zero-order valence-electron chi connectivity index (χ0n) is 11.7. The van der Waals surface area contributed by atoms with Crippen LogP contribution in [0.4, 0.5) is 0 Å². The summed E-state index contributed by atoms with van der Waals surface area (Å²) in [6.07, 6.45) is 4.59. The molecule has 19 heavy (non-hydrogen) atoms. The molecular weight excluding hydrogens is 246 g/mol. The van der Waals surface area contributed by atoms with Crippen molar-refractivity contribution in [1.29, 1.82) is 0 Å². The number of nitrogens with zero attached hydrogens (tertiary/aromatic N) is 2. The van der Waals surface area contributed by atoms with Gasteiger partial charge in [-0.25, -0.2) is 0 Å². The number of aryl methyl sites for hydroxylation is 1. The predicted octanol–water partition coefficient (Wildman–Crippen LogP) is 1.12. The van der Waals surface area contributed by atoms with Crippen LogP contribution >= 0.6 is 0 Å². The van der Waals surface area contributed by atoms with Crippen molar-refractivity contribution in [3.8, 4) is 0 Å². The second-order valence-electron chi connectivity index (χ2n) is 5.24. The average Bonchev–Trinajstić information content (AvgIpc) is 2.77. The van der Waals surface area contributed by atoms with E-state index >= 15 is 0 Å². The first-order valence-electron chi connectivity index (χ1n) is 6.33. The van der Waals surface area contributed by atoms with E-state index < -0.39 is 11.6 Å². The lowest BCUT2D eigenvalue weighted by atomic mass is 10.2. The molecule has 1 heterocycles. The quantitative estimate of drug-likeness (QED) is 0.784. The number of amides is 1. The van der Waals surface area contributed by atoms with Gasteiger partial charge in [0.2, 0.25) is 5.91 Å². The van der Waals surface area contributed by atoms with Crippen molar-refractivity contribution in [2.75, 3.05) is 6.54 Å². The Bertz CT molecular complexity index is 407. The average molecular weight is 267 g/mol. The van der Waals surface area contributed by atoms with Crippen LogP contribution in [0.15, 0.2) is 18.5 Å². The van der Waals surface area contributed by atoms with E-state index in [-0.39, 0.29) is 12.5 Å². The summed E-state index contributed by atoms with van der Waals surface area (Å²) < 4.78 is 6.85. The Hall–Kier alpha value is -1.85. The molecule has 0 aromatic carbocycles. The van der Waals surface area contributed by atoms with E-state index in [1.807, 2.05) is 12.3 Å². The molecule has 1 amide bonds. The summed E-state index contributed by atoms with van der Waals surface area (Å²) >= 11 is 0. The van der Waals surface area contributed by atoms with Gasteiger partial charge in [-0.15, -0.1) is 0 Å². The Morgan fingerprint density at radius 2 is 2.11 bits per heavy atom. The minimum Gasteiger partial charge on any atom is -0.459 e. The van der Waals surface area contributed by atoms with Crippen LogP contribution in [0.5, 0.6) is 0 Å². The van der Waals surface area contributed by atoms with Crippen LogP contribution in [0.3, 0.4) is 0 Å². The summed E-state index contributed by atoms with van der Waals surface area (Å²) in [4.78, 5) is 22.9. The van der Waals surface area contributed by atoms with Gasteiger partial charge in [0.1, 0.15) is 12.1 Å². The first-order valence-corrected chi connectivity index (χ1v) is 6.33. The lowest BCUT2D eigenvalue weighted by Gasteiger charge is -2.19. The fourth-order valence-corrected chi connectivity index (χ4v) is 1.47. The van der Waals surface area contributed by atoms with Crippen LogP contribution in [0.1, 0.15) is 33.6 Å². The van der Waals surface area contributed by atoms with Crippen molar-refractivity contribution >= 4 is 11.9 Å². The SMILES string of the molecule is CC(C)(C)OC(=O)CNC(=O)CCCn1cccn1. The van der Waals surface area contributed by atoms with Crippen molar-refractivity contribution in [1.82, 2.24) is 15.1 Å². The molecule has 0 aliphatic heterocycles. The summed E-state index contributed by atoms with van der Waals surface area (Å²) in [7, 11) is 0. The molecule has 6 heteroatoms. The van der Waals surface area contributed by atoms with Crippen LogP contribution in [-0.4, -0.2) is 33.8 Å². The number of carbonyl (C=O) groups excluding carboxylic acids is 2. The molecule has 0 aliphatic carbocycles. The predicted molar refractivity (Wildman–Crippen MR) is 70.3 cm³/mol. The molecule has 106 valence electrons. The molecule has 0 aliphatic rings. The molecule has 0 fully saturated rings. The van der Waals surface area contributed by atoms with Gasteiger partial charge in [0, 0.05) is 25.4 Å². The summed E-state index contributed by atoms with van der Waals surface area (Å²) in [6.45, 7) is 5.97. The number of rotatable bonds is 6. The van der Waals surface area contributed by atoms with Gasteiger partial charge in [0.15, 0.2) is 0 Å². The maximum Gasteiger partial charge on any atom is 0.325 e. The van der Waals surface area contributed by atoms with E-state index in [9.17, 15) is 9.59 Å². The zero-order valence-corrected chi connectivity index (χ0v) is 11.7. The van der Waals surface area contributed by atoms with Gasteiger partial charge in [-0.2, -0.15) is 5.10 Å². The van der Waals surface area contributed by atoms with Gasteiger partial charge in [0.05, 0.1) is 0 Å². The lowest BCUT2D eigenvalue weighted by molar-refractivity contribution is -0.154. The monoisotopic (exact) mass is 267 g/mol. The Morgan fingerprint density at radius 1 is 1.37 bits per heavy atom. The van der Waals surface area contributed by atoms with E-state index in [1.165, 1.54) is 0 Å². The van der Waals surface area contributed by atoms with E-state index in [0.717, 1.165) is 0 Å². The molecule has 0 atom stereocenters. The van der Waals surface area contributed by atoms with E-state index in [1.54, 1.807) is 31.6 Å². The van der Waals surface area contributed by atoms with Crippen molar-refractivity contribution in [3.63, 3.8) is 0 Å². The number of hydrogen-bond donors (Lipinski definition) is 1. The first kappa shape index (κ1) is 15.2. The van der Waals surface area contributed by atoms with Gasteiger partial charge < -0.3 is 10.1 Å². The summed E-state index contributed by atoms with van der Waals surface area (Å²) in [5.41, 5.74) is -0.526. The molecule has 0 saturated carbocycles. The lowest BCUT2D eigenvalue weighted by Crippen LogP contribution is -2.34. The minimum absolute atomic E-state index is 0.0854. The molecule has 1 aromatic heterocycles. The van der Waals surface area contributed by atoms with Gasteiger partial charge >= 0.3 is 5.97 Å². The maximum atomic E-state index is 11.5. The summed E-state index contributed by atoms with van der Waals surface area (Å²) in [5, 5.41) is 6.58. The molecule has 1 aromatic rings. The van der Waals surface area contributed by atoms with E-state index in [4.69, 9.17) is 4.74 Å². The number of ether oxygens (including phenoxy) is 1. The Labute approximate surface area is 113 Å². The number of aromatic nitrogens is 2. The number of carbonyl (C=O) groups is 2. The Kier molecular flexibility index (Phi) is 5.54. The Morgan fingerprint density at radius 3 is 2.68 bits per heavy atom. The summed E-state index contributed by atoms with van der Waals surface area (Å²) in [5.74, 6) is -0.578. The van der Waals surface area contributed by atoms with Crippen molar-refractivity contribution in [2.45, 2.75) is 45.8 Å². The molecule has 1 N–H and O–H groups in total. The standard InChI is InChI=1S/C13H21N3O3/c1-13(2,3)19-12(18)10-14-11(17)6-4-8-16-9-5-7-15-16/h5,7,9H,4,6,8,10H2,1-3H3,(H,14,17). The molecule has 0 bridgehead atoms. The third-order valence-electron chi connectivity index (χ3n) is 2.20. The fourth-order valence-electron chi connectivity index (χ4n) is 1.47. The maximum absolute atomic E-state index is 11.5. The first-order chi connectivity index (χ1) is 8.87. The van der Waals surface area contributed by atoms with Crippen molar-refractivity contribution in [2.24, 2.45) is 0 Å². The molecule has 0 radical (unpaired) electrons. The van der Waals surface area contributed by atoms with Crippen LogP contribution in [0.25, 0.3) is 0 Å². The topological polar surface area (TPSA) is 73.2 Å². The van der Waals surface area contributed by atoms with E-state index in [2.05, 4.69) is 10.4 Å². The van der Waals surface area contributed by atoms with Gasteiger partial charge in [0.25, 0.3) is 0 Å². The van der Waals surface area contributed by atoms with Crippen LogP contribution in [0, 0.1) is 0 Å².